The van der Waals surface area contributed by atoms with Crippen LogP contribution in [0.15, 0.2) is 24.7 Å². The maximum Gasteiger partial charge on any atom is 0.251 e. The summed E-state index contributed by atoms with van der Waals surface area (Å²) in [6, 6.07) is 2.30. The van der Waals surface area contributed by atoms with Gasteiger partial charge in [0.2, 0.25) is 0 Å². The Hall–Kier alpha value is -2.82. The van der Waals surface area contributed by atoms with Gasteiger partial charge in [-0.1, -0.05) is 0 Å². The summed E-state index contributed by atoms with van der Waals surface area (Å²) in [5, 5.41) is 15.3. The lowest BCUT2D eigenvalue weighted by Crippen LogP contribution is -2.37. The predicted octanol–water partition coefficient (Wildman–Crippen LogP) is 2.85. The fourth-order valence-electron chi connectivity index (χ4n) is 6.25. The minimum absolute atomic E-state index is 0.0457. The highest BCUT2D eigenvalue weighted by Gasteiger charge is 2.43. The molecule has 0 bridgehead atoms. The van der Waals surface area contributed by atoms with Crippen molar-refractivity contribution in [2.75, 3.05) is 38.5 Å². The number of H-pyrrole nitrogens is 1. The molecule has 3 aromatic heterocycles. The molecule has 1 saturated carbocycles. The zero-order valence-corrected chi connectivity index (χ0v) is 21.4. The summed E-state index contributed by atoms with van der Waals surface area (Å²) in [6.45, 7) is 4.73. The van der Waals surface area contributed by atoms with Crippen molar-refractivity contribution >= 4 is 39.7 Å². The van der Waals surface area contributed by atoms with Gasteiger partial charge in [0, 0.05) is 55.6 Å². The number of Topliss-reactive ketones (excluding diaryl/α,β-unsaturated/α-hetero) is 1. The maximum absolute atomic E-state index is 13.1. The van der Waals surface area contributed by atoms with Crippen LogP contribution in [-0.2, 0) is 4.79 Å². The molecule has 36 heavy (non-hydrogen) atoms. The van der Waals surface area contributed by atoms with Gasteiger partial charge in [-0.25, -0.2) is 9.97 Å². The number of anilines is 1. The Morgan fingerprint density at radius 2 is 1.97 bits per heavy atom. The summed E-state index contributed by atoms with van der Waals surface area (Å²) in [4.78, 5) is 42.5. The number of carbonyl (C=O) groups excluding carboxylic acids is 2. The third kappa shape index (κ3) is 4.21. The number of hydrogen-bond acceptors (Lipinski definition) is 8. The van der Waals surface area contributed by atoms with E-state index in [1.807, 2.05) is 23.4 Å². The topological polar surface area (TPSA) is 114 Å². The van der Waals surface area contributed by atoms with Crippen LogP contribution >= 0.6 is 11.3 Å². The number of nitrogens with zero attached hydrogens (tertiary/aromatic N) is 4. The van der Waals surface area contributed by atoms with Crippen LogP contribution in [0, 0.1) is 17.8 Å². The Labute approximate surface area is 213 Å². The molecule has 1 aliphatic carbocycles. The summed E-state index contributed by atoms with van der Waals surface area (Å²) in [6.07, 6.45) is 7.36. The molecule has 6 rings (SSSR count). The number of pyridine rings is 1. The highest BCUT2D eigenvalue weighted by Crippen LogP contribution is 2.42. The first kappa shape index (κ1) is 23.6. The van der Waals surface area contributed by atoms with Crippen molar-refractivity contribution in [2.45, 2.75) is 38.3 Å². The number of aromatic amines is 1. The average Bonchev–Trinajstić information content (AvgIpc) is 3.66. The second-order valence-corrected chi connectivity index (χ2v) is 11.7. The Morgan fingerprint density at radius 3 is 2.67 bits per heavy atom. The first-order valence-electron chi connectivity index (χ1n) is 12.8. The van der Waals surface area contributed by atoms with Gasteiger partial charge in [-0.2, -0.15) is 0 Å². The minimum atomic E-state index is -0.941. The molecular weight excluding hydrogens is 476 g/mol. The first-order chi connectivity index (χ1) is 17.4. The Kier molecular flexibility index (Phi) is 6.05. The summed E-state index contributed by atoms with van der Waals surface area (Å²) in [5.74, 6) is 0.937. The van der Waals surface area contributed by atoms with Crippen molar-refractivity contribution in [1.29, 1.82) is 0 Å². The van der Waals surface area contributed by atoms with E-state index in [0.717, 1.165) is 59.6 Å². The fourth-order valence-corrected chi connectivity index (χ4v) is 7.21. The Morgan fingerprint density at radius 1 is 1.19 bits per heavy atom. The van der Waals surface area contributed by atoms with Crippen LogP contribution in [-0.4, -0.2) is 86.9 Å². The van der Waals surface area contributed by atoms with E-state index in [9.17, 15) is 14.7 Å². The molecule has 10 heteroatoms. The summed E-state index contributed by atoms with van der Waals surface area (Å²) in [7, 11) is 2.06. The van der Waals surface area contributed by atoms with Crippen molar-refractivity contribution in [3.8, 4) is 10.6 Å². The molecule has 5 atom stereocenters. The number of amides is 1. The van der Waals surface area contributed by atoms with E-state index < -0.39 is 6.10 Å². The highest BCUT2D eigenvalue weighted by atomic mass is 32.1. The van der Waals surface area contributed by atoms with E-state index in [1.54, 1.807) is 6.20 Å². The first-order valence-corrected chi connectivity index (χ1v) is 13.6. The van der Waals surface area contributed by atoms with E-state index in [-0.39, 0.29) is 23.7 Å². The van der Waals surface area contributed by atoms with Crippen molar-refractivity contribution < 1.29 is 14.7 Å². The fraction of sp³-hybridized carbons (Fsp3) is 0.538. The van der Waals surface area contributed by atoms with E-state index >= 15 is 0 Å². The third-order valence-corrected chi connectivity index (χ3v) is 9.14. The molecule has 2 unspecified atom stereocenters. The lowest BCUT2D eigenvalue weighted by Gasteiger charge is -2.22. The molecule has 3 N–H and O–H groups in total. The minimum Gasteiger partial charge on any atom is -0.384 e. The normalized spacial score (nSPS) is 27.0. The van der Waals surface area contributed by atoms with Gasteiger partial charge in [-0.3, -0.25) is 9.59 Å². The summed E-state index contributed by atoms with van der Waals surface area (Å²) in [5.41, 5.74) is 2.73. The molecule has 9 nitrogen and oxygen atoms in total. The van der Waals surface area contributed by atoms with Crippen LogP contribution in [0.2, 0.25) is 0 Å². The quantitative estimate of drug-likeness (QED) is 0.439. The van der Waals surface area contributed by atoms with Gasteiger partial charge < -0.3 is 25.2 Å². The SMILES string of the molecule is C[C@H](O)C(=O)N1C[C@H]2CC(Nc3c(-c4ncc(C(=O)C5CCN(C)C5)s4)cnc4[nH]ccc34)C[C@H]2C1. The van der Waals surface area contributed by atoms with Crippen LogP contribution in [0.3, 0.4) is 0 Å². The lowest BCUT2D eigenvalue weighted by molar-refractivity contribution is -0.138. The van der Waals surface area contributed by atoms with Crippen molar-refractivity contribution in [3.05, 3.63) is 29.5 Å². The molecule has 1 amide bonds. The molecule has 0 aromatic carbocycles. The second kappa shape index (κ2) is 9.24. The molecule has 3 fully saturated rings. The van der Waals surface area contributed by atoms with E-state index in [1.165, 1.54) is 18.3 Å². The molecule has 0 radical (unpaired) electrons. The van der Waals surface area contributed by atoms with Crippen LogP contribution in [0.1, 0.15) is 35.9 Å². The van der Waals surface area contributed by atoms with Gasteiger partial charge in [-0.05, 0) is 57.7 Å². The Bertz CT molecular complexity index is 1290. The molecule has 5 heterocycles. The van der Waals surface area contributed by atoms with Gasteiger partial charge in [0.05, 0.1) is 16.1 Å². The number of aliphatic hydroxyl groups excluding tert-OH is 1. The molecule has 3 aliphatic rings. The van der Waals surface area contributed by atoms with Crippen LogP contribution < -0.4 is 5.32 Å². The molecular formula is C26H32N6O3S. The van der Waals surface area contributed by atoms with Gasteiger partial charge in [-0.15, -0.1) is 11.3 Å². The van der Waals surface area contributed by atoms with Crippen molar-refractivity contribution in [1.82, 2.24) is 24.8 Å². The average molecular weight is 509 g/mol. The van der Waals surface area contributed by atoms with Crippen LogP contribution in [0.5, 0.6) is 0 Å². The largest absolute Gasteiger partial charge is 0.384 e. The molecule has 2 saturated heterocycles. The van der Waals surface area contributed by atoms with E-state index in [2.05, 4.69) is 32.2 Å². The van der Waals surface area contributed by atoms with Crippen molar-refractivity contribution in [2.24, 2.45) is 17.8 Å². The van der Waals surface area contributed by atoms with Crippen molar-refractivity contribution in [3.63, 3.8) is 0 Å². The summed E-state index contributed by atoms with van der Waals surface area (Å²) < 4.78 is 0. The van der Waals surface area contributed by atoms with Crippen LogP contribution in [0.4, 0.5) is 5.69 Å². The third-order valence-electron chi connectivity index (χ3n) is 8.10. The van der Waals surface area contributed by atoms with Gasteiger partial charge in [0.15, 0.2) is 5.78 Å². The number of thiazole rings is 1. The standard InChI is InChI=1S/C26H32N6O3S/c1-14(33)26(35)32-12-16-7-18(8-17(16)13-32)30-22-19-3-5-27-24(19)28-9-20(22)25-29-10-21(36-25)23(34)15-4-6-31(2)11-15/h3,5,9-10,14-18,33H,4,6-8,11-13H2,1-2H3,(H2,27,28,30)/t14-,15?,16-,17+,18?/m0/s1. The molecule has 0 spiro atoms. The number of rotatable bonds is 6. The van der Waals surface area contributed by atoms with E-state index in [4.69, 9.17) is 0 Å². The highest BCUT2D eigenvalue weighted by molar-refractivity contribution is 7.17. The second-order valence-electron chi connectivity index (χ2n) is 10.7. The zero-order chi connectivity index (χ0) is 25.0. The zero-order valence-electron chi connectivity index (χ0n) is 20.6. The smallest absolute Gasteiger partial charge is 0.251 e. The maximum atomic E-state index is 13.1. The molecule has 2 aliphatic heterocycles. The number of nitrogens with one attached hydrogen (secondary N) is 2. The van der Waals surface area contributed by atoms with Gasteiger partial charge in [0.1, 0.15) is 16.8 Å². The lowest BCUT2D eigenvalue weighted by atomic mass is 10.0. The summed E-state index contributed by atoms with van der Waals surface area (Å²) >= 11 is 1.45. The number of carbonyl (C=O) groups is 2. The molecule has 3 aromatic rings. The molecule has 190 valence electrons. The van der Waals surface area contributed by atoms with E-state index in [0.29, 0.717) is 29.8 Å². The van der Waals surface area contributed by atoms with Crippen LogP contribution in [0.25, 0.3) is 21.6 Å². The number of fused-ring (bicyclic) bond motifs is 2. The Balaban J connectivity index is 1.23. The van der Waals surface area contributed by atoms with Gasteiger partial charge >= 0.3 is 0 Å². The number of aromatic nitrogens is 3. The monoisotopic (exact) mass is 508 g/mol. The number of likely N-dealkylation sites (tertiary alicyclic amines) is 2. The predicted molar refractivity (Wildman–Crippen MR) is 139 cm³/mol. The number of ketones is 1. The number of aliphatic hydroxyl groups is 1. The number of hydrogen-bond donors (Lipinski definition) is 3. The van der Waals surface area contributed by atoms with Gasteiger partial charge in [0.25, 0.3) is 5.91 Å².